The zero-order chi connectivity index (χ0) is 59.9. The van der Waals surface area contributed by atoms with Crippen molar-refractivity contribution in [2.45, 2.75) is 153 Å². The van der Waals surface area contributed by atoms with E-state index in [2.05, 4.69) is 42.5 Å². The Morgan fingerprint density at radius 3 is 1.43 bits per heavy atom. The Labute approximate surface area is 458 Å². The Kier molecular flexibility index (Phi) is 32.2. The number of nitrogens with two attached hydrogens (primary N) is 1. The summed E-state index contributed by atoms with van der Waals surface area (Å²) in [7, 11) is 0. The minimum Gasteiger partial charge on any atom is -0.481 e. The van der Waals surface area contributed by atoms with Crippen LogP contribution in [0.2, 0.25) is 0 Å². The van der Waals surface area contributed by atoms with Crippen molar-refractivity contribution in [3.8, 4) is 0 Å². The predicted octanol–water partition coefficient (Wildman–Crippen LogP) is -4.22. The maximum atomic E-state index is 13.7. The number of carbonyl (C=O) groups is 15. The first-order valence-electron chi connectivity index (χ1n) is 25.1. The quantitative estimate of drug-likeness (QED) is 0.0259. The Morgan fingerprint density at radius 2 is 1.00 bits per heavy atom. The third-order valence-electron chi connectivity index (χ3n) is 11.7. The molecule has 0 aliphatic carbocycles. The van der Waals surface area contributed by atoms with Gasteiger partial charge in [0.2, 0.25) is 53.2 Å². The van der Waals surface area contributed by atoms with Gasteiger partial charge in [-0.3, -0.25) is 71.9 Å². The number of rotatable bonds is 40. The van der Waals surface area contributed by atoms with Gasteiger partial charge >= 0.3 is 29.8 Å². The predicted molar refractivity (Wildman–Crippen MR) is 274 cm³/mol. The molecule has 0 spiro atoms. The third-order valence-corrected chi connectivity index (χ3v) is 12.4. The lowest BCUT2D eigenvalue weighted by atomic mass is 10.0. The number of aliphatic carboxylic acids is 5. The highest BCUT2D eigenvalue weighted by molar-refractivity contribution is 7.98. The van der Waals surface area contributed by atoms with Gasteiger partial charge in [0.15, 0.2) is 5.78 Å². The van der Waals surface area contributed by atoms with Gasteiger partial charge in [0.05, 0.1) is 25.2 Å². The number of hydrogen-bond donors (Lipinski definition) is 14. The van der Waals surface area contributed by atoms with E-state index >= 15 is 0 Å². The van der Waals surface area contributed by atoms with Crippen LogP contribution in [0.15, 0.2) is 0 Å². The molecule has 0 aromatic carbocycles. The molecule has 1 aliphatic heterocycles. The van der Waals surface area contributed by atoms with Crippen molar-refractivity contribution in [3.63, 3.8) is 0 Å². The molecular weight excluding hydrogens is 1070 g/mol. The van der Waals surface area contributed by atoms with E-state index in [0.717, 1.165) is 0 Å². The normalized spacial score (nSPS) is 15.5. The van der Waals surface area contributed by atoms with Crippen molar-refractivity contribution in [2.24, 2.45) is 11.7 Å². The van der Waals surface area contributed by atoms with Crippen molar-refractivity contribution >= 4 is 101 Å². The van der Waals surface area contributed by atoms with E-state index in [4.69, 9.17) is 15.6 Å². The SMILES string of the molecule is CSCC(NC(=O)CNC(=O)[C@H](CC(C)C)NC(=O)C1CCCN1C(=O)COCCNC(=O)[C@@H](CCC(=O)O)NC(=O)[C@@H](CCC(=O)O)NC(=O)[C@@H](CCC(=O)O)NC(=O)[C@@H](CCC(=O)O)NC(=O)[C@H](N)CCC(=O)O)C(C)=O. The number of ketones is 1. The second-order valence-corrected chi connectivity index (χ2v) is 19.6. The minimum absolute atomic E-state index is 0.0851. The standard InChI is InChI=1S/C47H74N10O21S/c1-24(2)20-31(43(73)50-21-34(59)51-32(23-79-4)25(3)58)56-47(77)33-6-5-18-57(33)35(60)22-78-19-17-49-42(72)27(8-13-37(63)64)53-45(75)29(10-15-39(67)68)55-46(76)30(11-16-40(69)70)54-44(74)28(9-14-38(65)66)52-41(71)26(48)7-12-36(61)62/h24,26-33H,5-23,48H2,1-4H3,(H,49,72)(H,50,73)(H,51,59)(H,52,71)(H,53,75)(H,54,74)(H,55,76)(H,56,77)(H,61,62)(H,63,64)(H,65,66)(H,67,68)(H,69,70)/t26-,27-,28-,29-,30-,31+,32?,33?/m1/s1. The lowest BCUT2D eigenvalue weighted by Crippen LogP contribution is -2.59. The molecule has 0 aromatic heterocycles. The van der Waals surface area contributed by atoms with Gasteiger partial charge in [-0.25, -0.2) is 0 Å². The van der Waals surface area contributed by atoms with Gasteiger partial charge in [0.25, 0.3) is 0 Å². The summed E-state index contributed by atoms with van der Waals surface area (Å²) in [6.07, 6.45) is -3.84. The summed E-state index contributed by atoms with van der Waals surface area (Å²) < 4.78 is 5.45. The van der Waals surface area contributed by atoms with Crippen molar-refractivity contribution in [1.82, 2.24) is 47.4 Å². The summed E-state index contributed by atoms with van der Waals surface area (Å²) in [6, 6.07) is -11.4. The number of amides is 9. The number of nitrogens with one attached hydrogen (secondary N) is 8. The van der Waals surface area contributed by atoms with E-state index in [9.17, 15) is 92.3 Å². The molecule has 1 fully saturated rings. The highest BCUT2D eigenvalue weighted by Crippen LogP contribution is 2.19. The van der Waals surface area contributed by atoms with Gasteiger partial charge in [-0.15, -0.1) is 0 Å². The summed E-state index contributed by atoms with van der Waals surface area (Å²) in [6.45, 7) is 3.39. The van der Waals surface area contributed by atoms with Crippen LogP contribution >= 0.6 is 11.8 Å². The van der Waals surface area contributed by atoms with Gasteiger partial charge in [-0.1, -0.05) is 13.8 Å². The Bertz CT molecular complexity index is 2200. The summed E-state index contributed by atoms with van der Waals surface area (Å²) in [5.74, 6) is -15.4. The van der Waals surface area contributed by atoms with E-state index in [1.807, 2.05) is 13.8 Å². The fraction of sp³-hybridized carbons (Fsp3) is 0.681. The van der Waals surface area contributed by atoms with Crippen LogP contribution in [0.3, 0.4) is 0 Å². The molecule has 1 rings (SSSR count). The van der Waals surface area contributed by atoms with Crippen LogP contribution in [0.5, 0.6) is 0 Å². The van der Waals surface area contributed by atoms with Gasteiger partial charge in [-0.05, 0) is 70.5 Å². The van der Waals surface area contributed by atoms with Crippen LogP contribution in [-0.2, 0) is 76.7 Å². The fourth-order valence-corrected chi connectivity index (χ4v) is 8.19. The summed E-state index contributed by atoms with van der Waals surface area (Å²) in [4.78, 5) is 189. The average Bonchev–Trinajstić information content (AvgIpc) is 3.87. The Balaban J connectivity index is 3.10. The number of carboxylic acid groups (broad SMARTS) is 5. The molecule has 444 valence electrons. The Morgan fingerprint density at radius 1 is 0.570 bits per heavy atom. The largest absolute Gasteiger partial charge is 0.481 e. The molecule has 1 heterocycles. The van der Waals surface area contributed by atoms with Crippen LogP contribution in [0, 0.1) is 5.92 Å². The van der Waals surface area contributed by atoms with E-state index in [0.29, 0.717) is 12.2 Å². The van der Waals surface area contributed by atoms with Crippen LogP contribution in [0.25, 0.3) is 0 Å². The lowest BCUT2D eigenvalue weighted by Gasteiger charge is -2.27. The zero-order valence-electron chi connectivity index (χ0n) is 44.3. The number of hydrogen-bond acceptors (Lipinski definition) is 18. The summed E-state index contributed by atoms with van der Waals surface area (Å²) in [5, 5.41) is 65.2. The molecule has 1 saturated heterocycles. The molecule has 9 amide bonds. The van der Waals surface area contributed by atoms with Gasteiger partial charge in [0.1, 0.15) is 42.9 Å². The summed E-state index contributed by atoms with van der Waals surface area (Å²) in [5.41, 5.74) is 5.71. The van der Waals surface area contributed by atoms with Crippen molar-refractivity contribution in [1.29, 1.82) is 0 Å². The number of likely N-dealkylation sites (tertiary alicyclic amines) is 1. The fourth-order valence-electron chi connectivity index (χ4n) is 7.54. The molecule has 2 unspecified atom stereocenters. The summed E-state index contributed by atoms with van der Waals surface area (Å²) >= 11 is 1.35. The van der Waals surface area contributed by atoms with Crippen LogP contribution in [0.1, 0.15) is 104 Å². The smallest absolute Gasteiger partial charge is 0.303 e. The average molecular weight is 1150 g/mol. The molecule has 0 bridgehead atoms. The second-order valence-electron chi connectivity index (χ2n) is 18.7. The van der Waals surface area contributed by atoms with Gasteiger partial charge in [0, 0.05) is 50.9 Å². The molecule has 0 radical (unpaired) electrons. The number of carboxylic acids is 5. The molecule has 1 aliphatic rings. The lowest BCUT2D eigenvalue weighted by molar-refractivity contribution is -0.142. The first-order chi connectivity index (χ1) is 37.1. The van der Waals surface area contributed by atoms with Crippen LogP contribution in [-0.4, -0.2) is 212 Å². The number of thioether (sulfide) groups is 1. The van der Waals surface area contributed by atoms with Crippen LogP contribution < -0.4 is 48.3 Å². The molecule has 15 N–H and O–H groups in total. The maximum absolute atomic E-state index is 13.7. The molecule has 8 atom stereocenters. The monoisotopic (exact) mass is 1150 g/mol. The number of carbonyl (C=O) groups excluding carboxylic acids is 10. The van der Waals surface area contributed by atoms with E-state index in [1.54, 1.807) is 6.26 Å². The highest BCUT2D eigenvalue weighted by atomic mass is 32.2. The molecule has 0 saturated carbocycles. The van der Waals surface area contributed by atoms with Gasteiger partial charge in [-0.2, -0.15) is 11.8 Å². The minimum atomic E-state index is -1.85. The first kappa shape index (κ1) is 69.5. The molecule has 31 nitrogen and oxygen atoms in total. The van der Waals surface area contributed by atoms with E-state index in [1.165, 1.54) is 23.6 Å². The van der Waals surface area contributed by atoms with Crippen molar-refractivity contribution in [3.05, 3.63) is 0 Å². The number of Topliss-reactive ketones (excluding diaryl/α,β-unsaturated/α-hetero) is 1. The second kappa shape index (κ2) is 36.6. The molecule has 0 aromatic rings. The highest BCUT2D eigenvalue weighted by Gasteiger charge is 2.37. The molecule has 32 heteroatoms. The number of ether oxygens (including phenoxy) is 1. The molecule has 79 heavy (non-hydrogen) atoms. The van der Waals surface area contributed by atoms with E-state index < -0.39 is 202 Å². The van der Waals surface area contributed by atoms with Crippen LogP contribution in [0.4, 0.5) is 0 Å². The van der Waals surface area contributed by atoms with Crippen molar-refractivity contribution in [2.75, 3.05) is 44.9 Å². The maximum Gasteiger partial charge on any atom is 0.303 e. The van der Waals surface area contributed by atoms with E-state index in [-0.39, 0.29) is 50.7 Å². The number of nitrogens with zero attached hydrogens (tertiary/aromatic N) is 1. The zero-order valence-corrected chi connectivity index (χ0v) is 45.1. The topological polar surface area (TPSA) is 492 Å². The first-order valence-corrected chi connectivity index (χ1v) is 26.5. The Hall–Kier alpha value is -7.48. The van der Waals surface area contributed by atoms with Gasteiger partial charge < -0.3 is 83.4 Å². The molecular formula is C47H74N10O21S. The third kappa shape index (κ3) is 28.6. The van der Waals surface area contributed by atoms with Crippen molar-refractivity contribution < 1.29 is 102 Å².